The normalized spacial score (nSPS) is 16.5. The summed E-state index contributed by atoms with van der Waals surface area (Å²) < 4.78 is 25.4. The van der Waals surface area contributed by atoms with E-state index in [1.54, 1.807) is 56.4 Å². The van der Waals surface area contributed by atoms with Gasteiger partial charge < -0.3 is 4.90 Å². The quantitative estimate of drug-likeness (QED) is 0.398. The molecule has 2 aromatic rings. The minimum absolute atomic E-state index is 0.0177. The predicted octanol–water partition coefficient (Wildman–Crippen LogP) is 3.37. The van der Waals surface area contributed by atoms with E-state index < -0.39 is 14.9 Å². The third-order valence-corrected chi connectivity index (χ3v) is 7.06. The molecule has 0 radical (unpaired) electrons. The molecule has 1 aliphatic heterocycles. The first kappa shape index (κ1) is 21.5. The highest BCUT2D eigenvalue weighted by atomic mass is 32.2. The maximum absolute atomic E-state index is 12.5. The van der Waals surface area contributed by atoms with E-state index in [1.165, 1.54) is 27.4 Å². The summed E-state index contributed by atoms with van der Waals surface area (Å²) in [6.07, 6.45) is 3.70. The predicted molar refractivity (Wildman–Crippen MR) is 116 cm³/mol. The summed E-state index contributed by atoms with van der Waals surface area (Å²) in [6, 6.07) is 12.8. The second kappa shape index (κ2) is 8.66. The maximum atomic E-state index is 12.5. The number of carbonyl (C=O) groups excluding carboxylic acids is 1. The van der Waals surface area contributed by atoms with E-state index in [4.69, 9.17) is 0 Å². The molecule has 0 aromatic heterocycles. The van der Waals surface area contributed by atoms with Crippen LogP contribution in [0, 0.1) is 10.1 Å². The Labute approximate surface area is 175 Å². The zero-order valence-corrected chi connectivity index (χ0v) is 17.6. The Balaban J connectivity index is 1.67. The van der Waals surface area contributed by atoms with Crippen molar-refractivity contribution in [1.29, 1.82) is 0 Å². The summed E-state index contributed by atoms with van der Waals surface area (Å²) in [5.41, 5.74) is 2.04. The summed E-state index contributed by atoms with van der Waals surface area (Å²) in [6.45, 7) is 2.28. The molecule has 3 rings (SSSR count). The van der Waals surface area contributed by atoms with E-state index in [9.17, 15) is 23.3 Å². The monoisotopic (exact) mass is 429 g/mol. The Kier molecular flexibility index (Phi) is 6.21. The average Bonchev–Trinajstić information content (AvgIpc) is 3.10. The van der Waals surface area contributed by atoms with Crippen LogP contribution in [0.2, 0.25) is 0 Å². The lowest BCUT2D eigenvalue weighted by atomic mass is 10.1. The van der Waals surface area contributed by atoms with Gasteiger partial charge in [-0.15, -0.1) is 0 Å². The number of anilines is 1. The van der Waals surface area contributed by atoms with Crippen LogP contribution >= 0.6 is 0 Å². The number of likely N-dealkylation sites (N-methyl/N-ethyl adjacent to an activating group) is 1. The standard InChI is InChI=1S/C21H23N3O5S/c1-16(18-5-3-6-20(15-18)24(26)27)22(2)21(25)12-9-17-7-10-19(11-8-17)23-13-4-14-30(23,28)29/h3,5-12,15-16H,4,13-14H2,1-2H3/b12-9+/t16-/m0/s1. The molecule has 0 aliphatic carbocycles. The van der Waals surface area contributed by atoms with Gasteiger partial charge in [-0.25, -0.2) is 8.42 Å². The zero-order chi connectivity index (χ0) is 21.9. The Morgan fingerprint density at radius 3 is 2.53 bits per heavy atom. The summed E-state index contributed by atoms with van der Waals surface area (Å²) in [4.78, 5) is 24.5. The Morgan fingerprint density at radius 2 is 1.93 bits per heavy atom. The van der Waals surface area contributed by atoms with Crippen LogP contribution in [-0.4, -0.2) is 43.5 Å². The van der Waals surface area contributed by atoms with Crippen molar-refractivity contribution in [2.24, 2.45) is 0 Å². The molecule has 30 heavy (non-hydrogen) atoms. The van der Waals surface area contributed by atoms with Gasteiger partial charge in [0, 0.05) is 31.8 Å². The fraction of sp³-hybridized carbons (Fsp3) is 0.286. The van der Waals surface area contributed by atoms with Crippen LogP contribution in [0.3, 0.4) is 0 Å². The summed E-state index contributed by atoms with van der Waals surface area (Å²) in [7, 11) is -1.59. The molecule has 1 atom stereocenters. The number of nitro benzene ring substituents is 1. The molecular weight excluding hydrogens is 406 g/mol. The van der Waals surface area contributed by atoms with Crippen LogP contribution in [0.4, 0.5) is 11.4 Å². The van der Waals surface area contributed by atoms with Crippen molar-refractivity contribution in [2.45, 2.75) is 19.4 Å². The molecule has 1 aliphatic rings. The van der Waals surface area contributed by atoms with Crippen molar-refractivity contribution in [3.05, 3.63) is 75.8 Å². The molecule has 0 bridgehead atoms. The molecule has 158 valence electrons. The van der Waals surface area contributed by atoms with Crippen molar-refractivity contribution in [2.75, 3.05) is 23.7 Å². The zero-order valence-electron chi connectivity index (χ0n) is 16.8. The third kappa shape index (κ3) is 4.68. The van der Waals surface area contributed by atoms with Crippen LogP contribution in [0.1, 0.15) is 30.5 Å². The summed E-state index contributed by atoms with van der Waals surface area (Å²) in [5.74, 6) is -0.0849. The molecule has 1 saturated heterocycles. The van der Waals surface area contributed by atoms with Crippen molar-refractivity contribution < 1.29 is 18.1 Å². The van der Waals surface area contributed by atoms with Gasteiger partial charge in [0.25, 0.3) is 5.69 Å². The number of benzene rings is 2. The molecule has 2 aromatic carbocycles. The molecule has 0 saturated carbocycles. The highest BCUT2D eigenvalue weighted by Crippen LogP contribution is 2.25. The van der Waals surface area contributed by atoms with E-state index >= 15 is 0 Å². The molecular formula is C21H23N3O5S. The van der Waals surface area contributed by atoms with Crippen LogP contribution in [0.15, 0.2) is 54.6 Å². The lowest BCUT2D eigenvalue weighted by Crippen LogP contribution is -2.28. The molecule has 1 amide bonds. The number of hydrogen-bond acceptors (Lipinski definition) is 5. The summed E-state index contributed by atoms with van der Waals surface area (Å²) in [5, 5.41) is 11.0. The SMILES string of the molecule is C[C@@H](c1cccc([N+](=O)[O-])c1)N(C)C(=O)/C=C/c1ccc(N2CCCS2(=O)=O)cc1. The number of hydrogen-bond donors (Lipinski definition) is 0. The van der Waals surface area contributed by atoms with Gasteiger partial charge in [0.15, 0.2) is 0 Å². The van der Waals surface area contributed by atoms with Crippen molar-refractivity contribution in [3.8, 4) is 0 Å². The molecule has 9 heteroatoms. The van der Waals surface area contributed by atoms with E-state index in [2.05, 4.69) is 0 Å². The van der Waals surface area contributed by atoms with Crippen LogP contribution in [0.5, 0.6) is 0 Å². The van der Waals surface area contributed by atoms with Gasteiger partial charge in [0.2, 0.25) is 15.9 Å². The fourth-order valence-electron chi connectivity index (χ4n) is 3.28. The second-order valence-corrected chi connectivity index (χ2v) is 9.16. The lowest BCUT2D eigenvalue weighted by Gasteiger charge is -2.24. The Morgan fingerprint density at radius 1 is 1.23 bits per heavy atom. The van der Waals surface area contributed by atoms with Crippen LogP contribution < -0.4 is 4.31 Å². The smallest absolute Gasteiger partial charge is 0.269 e. The van der Waals surface area contributed by atoms with Crippen LogP contribution in [0.25, 0.3) is 6.08 Å². The van der Waals surface area contributed by atoms with Crippen molar-refractivity contribution >= 4 is 33.4 Å². The number of non-ortho nitro benzene ring substituents is 1. The van der Waals surface area contributed by atoms with E-state index in [0.29, 0.717) is 24.2 Å². The first-order valence-corrected chi connectivity index (χ1v) is 11.1. The van der Waals surface area contributed by atoms with E-state index in [0.717, 1.165) is 5.56 Å². The second-order valence-electron chi connectivity index (χ2n) is 7.14. The minimum atomic E-state index is -3.22. The van der Waals surface area contributed by atoms with Gasteiger partial charge in [0.05, 0.1) is 22.4 Å². The van der Waals surface area contributed by atoms with E-state index in [-0.39, 0.29) is 23.4 Å². The maximum Gasteiger partial charge on any atom is 0.269 e. The topological polar surface area (TPSA) is 101 Å². The lowest BCUT2D eigenvalue weighted by molar-refractivity contribution is -0.384. The fourth-order valence-corrected chi connectivity index (χ4v) is 4.84. The molecule has 0 spiro atoms. The molecule has 0 unspecified atom stereocenters. The Bertz CT molecular complexity index is 1080. The molecule has 1 fully saturated rings. The number of nitrogens with zero attached hydrogens (tertiary/aromatic N) is 3. The molecule has 0 N–H and O–H groups in total. The van der Waals surface area contributed by atoms with Gasteiger partial charge in [-0.1, -0.05) is 24.3 Å². The third-order valence-electron chi connectivity index (χ3n) is 5.19. The first-order valence-electron chi connectivity index (χ1n) is 9.49. The van der Waals surface area contributed by atoms with E-state index in [1.807, 2.05) is 0 Å². The van der Waals surface area contributed by atoms with Gasteiger partial charge >= 0.3 is 0 Å². The molecule has 1 heterocycles. The minimum Gasteiger partial charge on any atom is -0.335 e. The van der Waals surface area contributed by atoms with Gasteiger partial charge in [-0.3, -0.25) is 19.2 Å². The highest BCUT2D eigenvalue weighted by Gasteiger charge is 2.28. The Hall–Kier alpha value is -3.20. The van der Waals surface area contributed by atoms with Gasteiger partial charge in [-0.05, 0) is 42.7 Å². The number of amides is 1. The van der Waals surface area contributed by atoms with Gasteiger partial charge in [-0.2, -0.15) is 0 Å². The average molecular weight is 429 g/mol. The number of carbonyl (C=O) groups is 1. The van der Waals surface area contributed by atoms with Gasteiger partial charge in [0.1, 0.15) is 0 Å². The van der Waals surface area contributed by atoms with Crippen molar-refractivity contribution in [1.82, 2.24) is 4.90 Å². The van der Waals surface area contributed by atoms with Crippen molar-refractivity contribution in [3.63, 3.8) is 0 Å². The number of nitro groups is 1. The highest BCUT2D eigenvalue weighted by molar-refractivity contribution is 7.93. The van der Waals surface area contributed by atoms with Crippen LogP contribution in [-0.2, 0) is 14.8 Å². The first-order chi connectivity index (χ1) is 14.2. The number of sulfonamides is 1. The molecule has 8 nitrogen and oxygen atoms in total. The number of rotatable bonds is 6. The largest absolute Gasteiger partial charge is 0.335 e. The summed E-state index contributed by atoms with van der Waals surface area (Å²) >= 11 is 0.